The van der Waals surface area contributed by atoms with E-state index in [0.717, 1.165) is 12.8 Å². The summed E-state index contributed by atoms with van der Waals surface area (Å²) in [7, 11) is 1.70. The van der Waals surface area contributed by atoms with Gasteiger partial charge in [-0.05, 0) is 33.6 Å². The van der Waals surface area contributed by atoms with E-state index < -0.39 is 5.60 Å². The number of ether oxygens (including phenoxy) is 1. The average molecular weight is 497 g/mol. The zero-order valence-electron chi connectivity index (χ0n) is 17.4. The number of halogens is 1. The van der Waals surface area contributed by atoms with Crippen molar-refractivity contribution < 1.29 is 14.3 Å². The number of carbonyl (C=O) groups excluding carboxylic acids is 2. The van der Waals surface area contributed by atoms with Gasteiger partial charge in [0.2, 0.25) is 5.91 Å². The molecule has 2 amide bonds. The van der Waals surface area contributed by atoms with Gasteiger partial charge in [0.25, 0.3) is 0 Å². The van der Waals surface area contributed by atoms with E-state index >= 15 is 0 Å². The number of carbonyl (C=O) groups is 2. The van der Waals surface area contributed by atoms with Crippen LogP contribution in [0.1, 0.15) is 47.5 Å². The van der Waals surface area contributed by atoms with Gasteiger partial charge in [0.1, 0.15) is 5.60 Å². The van der Waals surface area contributed by atoms with Crippen LogP contribution in [0.25, 0.3) is 0 Å². The van der Waals surface area contributed by atoms with Gasteiger partial charge in [0.15, 0.2) is 5.96 Å². The number of piperidine rings is 1. The van der Waals surface area contributed by atoms with E-state index in [2.05, 4.69) is 20.9 Å². The molecule has 1 heterocycles. The number of guanidine groups is 1. The van der Waals surface area contributed by atoms with E-state index in [1.807, 2.05) is 34.6 Å². The Labute approximate surface area is 180 Å². The zero-order valence-corrected chi connectivity index (χ0v) is 19.8. The molecule has 27 heavy (non-hydrogen) atoms. The summed E-state index contributed by atoms with van der Waals surface area (Å²) in [6.07, 6.45) is 1.60. The highest BCUT2D eigenvalue weighted by molar-refractivity contribution is 14.0. The molecule has 1 atom stereocenters. The Morgan fingerprint density at radius 1 is 1.22 bits per heavy atom. The second kappa shape index (κ2) is 12.2. The normalized spacial score (nSPS) is 17.8. The van der Waals surface area contributed by atoms with E-state index in [9.17, 15) is 9.59 Å². The topological polar surface area (TPSA) is 95.1 Å². The number of hydrogen-bond acceptors (Lipinski definition) is 4. The molecule has 9 heteroatoms. The van der Waals surface area contributed by atoms with E-state index in [1.54, 1.807) is 11.9 Å². The van der Waals surface area contributed by atoms with Crippen LogP contribution in [0.5, 0.6) is 0 Å². The maximum Gasteiger partial charge on any atom is 0.410 e. The third-order valence-corrected chi connectivity index (χ3v) is 3.88. The van der Waals surface area contributed by atoms with Gasteiger partial charge in [-0.25, -0.2) is 4.79 Å². The lowest BCUT2D eigenvalue weighted by atomic mass is 10.1. The van der Waals surface area contributed by atoms with Crippen molar-refractivity contribution >= 4 is 41.9 Å². The van der Waals surface area contributed by atoms with Gasteiger partial charge in [-0.3, -0.25) is 9.79 Å². The molecule has 1 aliphatic rings. The number of nitrogens with zero attached hydrogens (tertiary/aromatic N) is 2. The molecular formula is C18H36IN5O3. The van der Waals surface area contributed by atoms with Gasteiger partial charge in [0.05, 0.1) is 0 Å². The van der Waals surface area contributed by atoms with Crippen molar-refractivity contribution in [2.24, 2.45) is 10.9 Å². The summed E-state index contributed by atoms with van der Waals surface area (Å²) in [4.78, 5) is 29.7. The average Bonchev–Trinajstić information content (AvgIpc) is 2.55. The molecule has 0 saturated carbocycles. The third-order valence-electron chi connectivity index (χ3n) is 3.88. The quantitative estimate of drug-likeness (QED) is 0.234. The second-order valence-electron chi connectivity index (χ2n) is 7.85. The van der Waals surface area contributed by atoms with Crippen molar-refractivity contribution in [2.75, 3.05) is 33.2 Å². The first-order chi connectivity index (χ1) is 12.1. The molecule has 0 bridgehead atoms. The summed E-state index contributed by atoms with van der Waals surface area (Å²) in [5, 5.41) is 9.38. The fourth-order valence-corrected chi connectivity index (χ4v) is 2.55. The van der Waals surface area contributed by atoms with Crippen LogP contribution >= 0.6 is 24.0 Å². The van der Waals surface area contributed by atoms with Gasteiger partial charge in [-0.15, -0.1) is 24.0 Å². The van der Waals surface area contributed by atoms with Crippen molar-refractivity contribution in [3.63, 3.8) is 0 Å². The summed E-state index contributed by atoms with van der Waals surface area (Å²) < 4.78 is 5.45. The van der Waals surface area contributed by atoms with Crippen LogP contribution in [0.15, 0.2) is 4.99 Å². The second-order valence-corrected chi connectivity index (χ2v) is 7.85. The molecule has 8 nitrogen and oxygen atoms in total. The molecule has 1 unspecified atom stereocenters. The van der Waals surface area contributed by atoms with Crippen LogP contribution in [-0.2, 0) is 9.53 Å². The highest BCUT2D eigenvalue weighted by atomic mass is 127. The standard InChI is InChI=1S/C18H35N5O3.HI/c1-13(2)15(24)20-9-10-21-16(19-6)22-14-8-7-11-23(12-14)17(25)26-18(3,4)5;/h13-14H,7-12H2,1-6H3,(H,20,24)(H2,19,21,22);1H. The van der Waals surface area contributed by atoms with E-state index in [4.69, 9.17) is 4.74 Å². The van der Waals surface area contributed by atoms with Crippen molar-refractivity contribution in [3.05, 3.63) is 0 Å². The summed E-state index contributed by atoms with van der Waals surface area (Å²) in [5.74, 6) is 0.684. The number of hydrogen-bond donors (Lipinski definition) is 3. The fourth-order valence-electron chi connectivity index (χ4n) is 2.55. The Hall–Kier alpha value is -1.26. The Bertz CT molecular complexity index is 506. The Kier molecular flexibility index (Phi) is 11.7. The van der Waals surface area contributed by atoms with Crippen LogP contribution in [0.3, 0.4) is 0 Å². The lowest BCUT2D eigenvalue weighted by Crippen LogP contribution is -2.53. The third kappa shape index (κ3) is 10.6. The molecule has 1 rings (SSSR count). The van der Waals surface area contributed by atoms with Gasteiger partial charge in [-0.2, -0.15) is 0 Å². The van der Waals surface area contributed by atoms with Crippen molar-refractivity contribution in [3.8, 4) is 0 Å². The monoisotopic (exact) mass is 497 g/mol. The number of likely N-dealkylation sites (tertiary alicyclic amines) is 1. The molecular weight excluding hydrogens is 461 g/mol. The van der Waals surface area contributed by atoms with Crippen LogP contribution in [0.4, 0.5) is 4.79 Å². The van der Waals surface area contributed by atoms with Crippen molar-refractivity contribution in [2.45, 2.75) is 59.1 Å². The molecule has 0 aromatic rings. The first kappa shape index (κ1) is 25.7. The fraction of sp³-hybridized carbons (Fsp3) is 0.833. The Morgan fingerprint density at radius 3 is 2.41 bits per heavy atom. The lowest BCUT2D eigenvalue weighted by Gasteiger charge is -2.35. The highest BCUT2D eigenvalue weighted by Gasteiger charge is 2.27. The minimum absolute atomic E-state index is 0. The Morgan fingerprint density at radius 2 is 1.85 bits per heavy atom. The van der Waals surface area contributed by atoms with Crippen LogP contribution in [0, 0.1) is 5.92 Å². The number of aliphatic imine (C=N–C) groups is 1. The van der Waals surface area contributed by atoms with Gasteiger partial charge < -0.3 is 25.6 Å². The maximum absolute atomic E-state index is 12.2. The largest absolute Gasteiger partial charge is 0.444 e. The lowest BCUT2D eigenvalue weighted by molar-refractivity contribution is -0.123. The summed E-state index contributed by atoms with van der Waals surface area (Å²) in [6, 6.07) is 0.118. The predicted molar refractivity (Wildman–Crippen MR) is 119 cm³/mol. The van der Waals surface area contributed by atoms with Gasteiger partial charge in [-0.1, -0.05) is 13.8 Å². The molecule has 0 spiro atoms. The van der Waals surface area contributed by atoms with E-state index in [0.29, 0.717) is 32.1 Å². The first-order valence-electron chi connectivity index (χ1n) is 9.35. The van der Waals surface area contributed by atoms with Crippen LogP contribution < -0.4 is 16.0 Å². The molecule has 0 aromatic carbocycles. The van der Waals surface area contributed by atoms with Gasteiger partial charge >= 0.3 is 6.09 Å². The number of nitrogens with one attached hydrogen (secondary N) is 3. The predicted octanol–water partition coefficient (Wildman–Crippen LogP) is 1.94. The van der Waals surface area contributed by atoms with Crippen LogP contribution in [0.2, 0.25) is 0 Å². The molecule has 0 aliphatic carbocycles. The molecule has 0 aromatic heterocycles. The molecule has 0 radical (unpaired) electrons. The Balaban J connectivity index is 0.00000676. The maximum atomic E-state index is 12.2. The first-order valence-corrected chi connectivity index (χ1v) is 9.35. The minimum Gasteiger partial charge on any atom is -0.444 e. The van der Waals surface area contributed by atoms with Crippen LogP contribution in [-0.4, -0.2) is 67.7 Å². The molecule has 158 valence electrons. The molecule has 1 fully saturated rings. The summed E-state index contributed by atoms with van der Waals surface area (Å²) >= 11 is 0. The van der Waals surface area contributed by atoms with Crippen molar-refractivity contribution in [1.29, 1.82) is 0 Å². The number of amides is 2. The number of rotatable bonds is 5. The van der Waals surface area contributed by atoms with E-state index in [-0.39, 0.29) is 47.9 Å². The summed E-state index contributed by atoms with van der Waals surface area (Å²) in [5.41, 5.74) is -0.491. The minimum atomic E-state index is -0.491. The zero-order chi connectivity index (χ0) is 19.7. The van der Waals surface area contributed by atoms with Gasteiger partial charge in [0, 0.05) is 45.2 Å². The molecule has 3 N–H and O–H groups in total. The van der Waals surface area contributed by atoms with Crippen molar-refractivity contribution in [1.82, 2.24) is 20.9 Å². The molecule has 1 aliphatic heterocycles. The SMILES string of the molecule is CN=C(NCCNC(=O)C(C)C)NC1CCCN(C(=O)OC(C)(C)C)C1.I. The molecule has 1 saturated heterocycles. The smallest absolute Gasteiger partial charge is 0.410 e. The highest BCUT2D eigenvalue weighted by Crippen LogP contribution is 2.15. The van der Waals surface area contributed by atoms with E-state index in [1.165, 1.54) is 0 Å². The summed E-state index contributed by atoms with van der Waals surface area (Å²) in [6.45, 7) is 11.7.